The van der Waals surface area contributed by atoms with Crippen LogP contribution in [0.15, 0.2) is 36.4 Å². The van der Waals surface area contributed by atoms with Gasteiger partial charge in [0, 0.05) is 11.6 Å². The number of benzene rings is 1. The lowest BCUT2D eigenvalue weighted by atomic mass is 10.1. The summed E-state index contributed by atoms with van der Waals surface area (Å²) in [6.45, 7) is 0. The normalized spacial score (nSPS) is 15.4. The number of hydrogen-bond acceptors (Lipinski definition) is 3. The predicted octanol–water partition coefficient (Wildman–Crippen LogP) is 1.24. The molecule has 21 heavy (non-hydrogen) atoms. The van der Waals surface area contributed by atoms with Crippen LogP contribution in [0.25, 0.3) is 0 Å². The summed E-state index contributed by atoms with van der Waals surface area (Å²) in [5, 5.41) is 9.48. The highest BCUT2D eigenvalue weighted by molar-refractivity contribution is 5.96. The largest absolute Gasteiger partial charge is 0.368 e. The summed E-state index contributed by atoms with van der Waals surface area (Å²) in [5.41, 5.74) is 7.27. The maximum absolute atomic E-state index is 12.2. The van der Waals surface area contributed by atoms with Crippen LogP contribution in [0.3, 0.4) is 0 Å². The molecule has 6 heteroatoms. The van der Waals surface area contributed by atoms with Crippen molar-refractivity contribution in [3.05, 3.63) is 53.3 Å². The Labute approximate surface area is 121 Å². The standard InChI is InChI=1S/C15H16N4O2/c16-14(20)13(10-4-2-1-3-5-10)17-15(21)12-8-11(18-19-12)9-6-7-9/h1-5,8-9,13H,6-7H2,(H2,16,20)(H,17,21)(H,18,19)/t13-/m0/s1. The van der Waals surface area contributed by atoms with Crippen LogP contribution in [-0.2, 0) is 4.79 Å². The maximum Gasteiger partial charge on any atom is 0.272 e. The van der Waals surface area contributed by atoms with Gasteiger partial charge < -0.3 is 11.1 Å². The first-order chi connectivity index (χ1) is 10.1. The number of hydrogen-bond donors (Lipinski definition) is 3. The van der Waals surface area contributed by atoms with Crippen molar-refractivity contribution >= 4 is 11.8 Å². The number of carbonyl (C=O) groups excluding carboxylic acids is 2. The SMILES string of the molecule is NC(=O)[C@@H](NC(=O)c1cc(C2CC2)[nH]n1)c1ccccc1. The lowest BCUT2D eigenvalue weighted by Crippen LogP contribution is -2.37. The Morgan fingerprint density at radius 3 is 2.62 bits per heavy atom. The summed E-state index contributed by atoms with van der Waals surface area (Å²) < 4.78 is 0. The van der Waals surface area contributed by atoms with Crippen molar-refractivity contribution in [3.8, 4) is 0 Å². The van der Waals surface area contributed by atoms with Crippen LogP contribution in [0.5, 0.6) is 0 Å². The van der Waals surface area contributed by atoms with Crippen LogP contribution in [0.4, 0.5) is 0 Å². The Bertz CT molecular complexity index is 661. The smallest absolute Gasteiger partial charge is 0.272 e. The highest BCUT2D eigenvalue weighted by Crippen LogP contribution is 2.38. The number of primary amides is 1. The molecule has 0 spiro atoms. The van der Waals surface area contributed by atoms with E-state index in [1.165, 1.54) is 0 Å². The second-order valence-electron chi connectivity index (χ2n) is 5.20. The Kier molecular flexibility index (Phi) is 3.43. The van der Waals surface area contributed by atoms with E-state index in [1.807, 2.05) is 6.07 Å². The number of nitrogens with zero attached hydrogens (tertiary/aromatic N) is 1. The van der Waals surface area contributed by atoms with E-state index in [4.69, 9.17) is 5.73 Å². The Balaban J connectivity index is 1.75. The molecule has 2 aromatic rings. The fraction of sp³-hybridized carbons (Fsp3) is 0.267. The molecule has 0 radical (unpaired) electrons. The van der Waals surface area contributed by atoms with Crippen molar-refractivity contribution in [2.75, 3.05) is 0 Å². The van der Waals surface area contributed by atoms with Crippen LogP contribution in [0.1, 0.15) is 46.5 Å². The molecule has 1 fully saturated rings. The van der Waals surface area contributed by atoms with Crippen molar-refractivity contribution < 1.29 is 9.59 Å². The van der Waals surface area contributed by atoms with E-state index in [-0.39, 0.29) is 5.69 Å². The van der Waals surface area contributed by atoms with Gasteiger partial charge in [-0.2, -0.15) is 5.10 Å². The Hall–Kier alpha value is -2.63. The summed E-state index contributed by atoms with van der Waals surface area (Å²) in [4.78, 5) is 23.8. The number of aromatic amines is 1. The van der Waals surface area contributed by atoms with Crippen LogP contribution in [0.2, 0.25) is 0 Å². The monoisotopic (exact) mass is 284 g/mol. The molecule has 1 aromatic carbocycles. The van der Waals surface area contributed by atoms with E-state index >= 15 is 0 Å². The summed E-state index contributed by atoms with van der Waals surface area (Å²) in [6, 6.07) is 9.77. The predicted molar refractivity (Wildman–Crippen MR) is 76.4 cm³/mol. The zero-order chi connectivity index (χ0) is 14.8. The maximum atomic E-state index is 12.2. The minimum Gasteiger partial charge on any atom is -0.368 e. The van der Waals surface area contributed by atoms with Crippen LogP contribution < -0.4 is 11.1 Å². The molecule has 0 bridgehead atoms. The van der Waals surface area contributed by atoms with Gasteiger partial charge in [0.15, 0.2) is 0 Å². The summed E-state index contributed by atoms with van der Waals surface area (Å²) in [7, 11) is 0. The van der Waals surface area contributed by atoms with Gasteiger partial charge in [-0.25, -0.2) is 0 Å². The van der Waals surface area contributed by atoms with E-state index in [0.717, 1.165) is 18.5 Å². The molecule has 1 aliphatic rings. The van der Waals surface area contributed by atoms with E-state index in [9.17, 15) is 9.59 Å². The number of aromatic nitrogens is 2. The number of rotatable bonds is 5. The number of nitrogens with one attached hydrogen (secondary N) is 2. The van der Waals surface area contributed by atoms with Crippen molar-refractivity contribution in [1.29, 1.82) is 0 Å². The van der Waals surface area contributed by atoms with Crippen LogP contribution in [-0.4, -0.2) is 22.0 Å². The van der Waals surface area contributed by atoms with Gasteiger partial charge in [0.05, 0.1) is 0 Å². The second kappa shape index (κ2) is 5.40. The number of nitrogens with two attached hydrogens (primary N) is 1. The minimum atomic E-state index is -0.861. The molecular weight excluding hydrogens is 268 g/mol. The number of carbonyl (C=O) groups is 2. The molecule has 1 saturated carbocycles. The molecule has 3 rings (SSSR count). The van der Waals surface area contributed by atoms with Gasteiger partial charge in [-0.15, -0.1) is 0 Å². The van der Waals surface area contributed by atoms with Crippen molar-refractivity contribution in [3.63, 3.8) is 0 Å². The van der Waals surface area contributed by atoms with Gasteiger partial charge in [-0.05, 0) is 24.5 Å². The topological polar surface area (TPSA) is 101 Å². The van der Waals surface area contributed by atoms with Gasteiger partial charge in [0.25, 0.3) is 5.91 Å². The minimum absolute atomic E-state index is 0.277. The number of amides is 2. The number of H-pyrrole nitrogens is 1. The van der Waals surface area contributed by atoms with Gasteiger partial charge in [0.2, 0.25) is 5.91 Å². The van der Waals surface area contributed by atoms with E-state index < -0.39 is 17.9 Å². The van der Waals surface area contributed by atoms with Gasteiger partial charge in [-0.3, -0.25) is 14.7 Å². The molecule has 108 valence electrons. The molecule has 1 atom stereocenters. The quantitative estimate of drug-likeness (QED) is 0.770. The summed E-state index contributed by atoms with van der Waals surface area (Å²) in [6.07, 6.45) is 2.24. The average Bonchev–Trinajstić information content (AvgIpc) is 3.22. The van der Waals surface area contributed by atoms with Crippen molar-refractivity contribution in [2.45, 2.75) is 24.8 Å². The molecule has 2 amide bonds. The molecule has 1 aromatic heterocycles. The molecule has 4 N–H and O–H groups in total. The molecule has 0 aliphatic heterocycles. The highest BCUT2D eigenvalue weighted by Gasteiger charge is 2.27. The first-order valence-electron chi connectivity index (χ1n) is 6.85. The van der Waals surface area contributed by atoms with Crippen molar-refractivity contribution in [1.82, 2.24) is 15.5 Å². The van der Waals surface area contributed by atoms with Crippen molar-refractivity contribution in [2.24, 2.45) is 5.73 Å². The fourth-order valence-electron chi connectivity index (χ4n) is 2.23. The first-order valence-corrected chi connectivity index (χ1v) is 6.85. The molecule has 1 aliphatic carbocycles. The first kappa shape index (κ1) is 13.4. The second-order valence-corrected chi connectivity index (χ2v) is 5.20. The third kappa shape index (κ3) is 2.94. The van der Waals surface area contributed by atoms with E-state index in [0.29, 0.717) is 11.5 Å². The zero-order valence-corrected chi connectivity index (χ0v) is 11.4. The van der Waals surface area contributed by atoms with Crippen LogP contribution in [0, 0.1) is 0 Å². The fourth-order valence-corrected chi connectivity index (χ4v) is 2.23. The third-order valence-corrected chi connectivity index (χ3v) is 3.54. The van der Waals surface area contributed by atoms with Gasteiger partial charge >= 0.3 is 0 Å². The zero-order valence-electron chi connectivity index (χ0n) is 11.4. The Morgan fingerprint density at radius 2 is 2.00 bits per heavy atom. The third-order valence-electron chi connectivity index (χ3n) is 3.54. The van der Waals surface area contributed by atoms with E-state index in [2.05, 4.69) is 15.5 Å². The summed E-state index contributed by atoms with van der Waals surface area (Å²) >= 11 is 0. The highest BCUT2D eigenvalue weighted by atomic mass is 16.2. The molecule has 0 unspecified atom stereocenters. The molecular formula is C15H16N4O2. The lowest BCUT2D eigenvalue weighted by molar-refractivity contribution is -0.120. The van der Waals surface area contributed by atoms with Gasteiger partial charge in [-0.1, -0.05) is 30.3 Å². The van der Waals surface area contributed by atoms with Gasteiger partial charge in [0.1, 0.15) is 11.7 Å². The van der Waals surface area contributed by atoms with E-state index in [1.54, 1.807) is 30.3 Å². The molecule has 1 heterocycles. The Morgan fingerprint density at radius 1 is 1.29 bits per heavy atom. The summed E-state index contributed by atoms with van der Waals surface area (Å²) in [5.74, 6) is -0.529. The molecule has 6 nitrogen and oxygen atoms in total. The van der Waals surface area contributed by atoms with Crippen LogP contribution >= 0.6 is 0 Å². The average molecular weight is 284 g/mol. The molecule has 0 saturated heterocycles. The lowest BCUT2D eigenvalue weighted by Gasteiger charge is -2.14.